The minimum absolute atomic E-state index is 0.126. The van der Waals surface area contributed by atoms with Crippen LogP contribution in [0.2, 0.25) is 0 Å². The van der Waals surface area contributed by atoms with E-state index in [1.165, 1.54) is 0 Å². The van der Waals surface area contributed by atoms with E-state index in [9.17, 15) is 4.79 Å². The molecule has 13 heavy (non-hydrogen) atoms. The highest BCUT2D eigenvalue weighted by molar-refractivity contribution is 9.10. The Balaban J connectivity index is 3.01. The molecule has 0 saturated heterocycles. The highest BCUT2D eigenvalue weighted by Gasteiger charge is 2.08. The number of ketones is 1. The summed E-state index contributed by atoms with van der Waals surface area (Å²) in [6.07, 6.45) is 0. The Morgan fingerprint density at radius 2 is 2.23 bits per heavy atom. The van der Waals surface area contributed by atoms with Gasteiger partial charge < -0.3 is 5.32 Å². The number of carbonyl (C=O) groups excluding carboxylic acids is 1. The van der Waals surface area contributed by atoms with Gasteiger partial charge in [-0.2, -0.15) is 0 Å². The van der Waals surface area contributed by atoms with Gasteiger partial charge in [-0.1, -0.05) is 28.1 Å². The Kier molecular flexibility index (Phi) is 3.63. The van der Waals surface area contributed by atoms with Gasteiger partial charge in [0.1, 0.15) is 0 Å². The van der Waals surface area contributed by atoms with E-state index in [0.29, 0.717) is 6.54 Å². The third-order valence-electron chi connectivity index (χ3n) is 1.91. The molecule has 1 aromatic carbocycles. The summed E-state index contributed by atoms with van der Waals surface area (Å²) < 4.78 is 0.981. The normalized spacial score (nSPS) is 10.1. The van der Waals surface area contributed by atoms with Crippen molar-refractivity contribution in [1.82, 2.24) is 5.32 Å². The molecule has 0 aromatic heterocycles. The van der Waals surface area contributed by atoms with Crippen molar-refractivity contribution >= 4 is 21.7 Å². The van der Waals surface area contributed by atoms with Crippen molar-refractivity contribution in [3.63, 3.8) is 0 Å². The second-order valence-electron chi connectivity index (χ2n) is 2.87. The number of halogens is 1. The molecule has 0 spiro atoms. The number of hydrogen-bond acceptors (Lipinski definition) is 2. The average Bonchev–Trinajstić information content (AvgIpc) is 2.10. The lowest BCUT2D eigenvalue weighted by Gasteiger charge is -2.05. The van der Waals surface area contributed by atoms with Crippen LogP contribution in [0.1, 0.15) is 15.9 Å². The molecule has 0 aliphatic rings. The van der Waals surface area contributed by atoms with Crippen LogP contribution in [0.5, 0.6) is 0 Å². The van der Waals surface area contributed by atoms with Gasteiger partial charge in [0.05, 0.1) is 6.54 Å². The van der Waals surface area contributed by atoms with Gasteiger partial charge in [-0.15, -0.1) is 0 Å². The van der Waals surface area contributed by atoms with Gasteiger partial charge in [-0.05, 0) is 25.6 Å². The molecule has 0 bridgehead atoms. The van der Waals surface area contributed by atoms with Gasteiger partial charge >= 0.3 is 0 Å². The summed E-state index contributed by atoms with van der Waals surface area (Å²) in [6.45, 7) is 2.32. The molecular weight excluding hydrogens is 230 g/mol. The minimum Gasteiger partial charge on any atom is -0.313 e. The molecule has 0 aliphatic heterocycles. The molecule has 0 saturated carbocycles. The van der Waals surface area contributed by atoms with Gasteiger partial charge in [-0.25, -0.2) is 0 Å². The molecule has 1 aromatic rings. The molecule has 1 rings (SSSR count). The summed E-state index contributed by atoms with van der Waals surface area (Å²) in [5.41, 5.74) is 1.78. The van der Waals surface area contributed by atoms with Gasteiger partial charge in [0.25, 0.3) is 0 Å². The van der Waals surface area contributed by atoms with Crippen molar-refractivity contribution in [3.05, 3.63) is 33.8 Å². The first-order valence-electron chi connectivity index (χ1n) is 4.09. The molecule has 0 heterocycles. The van der Waals surface area contributed by atoms with E-state index in [1.807, 2.05) is 25.1 Å². The lowest BCUT2D eigenvalue weighted by Crippen LogP contribution is -2.19. The van der Waals surface area contributed by atoms with E-state index < -0.39 is 0 Å². The quantitative estimate of drug-likeness (QED) is 0.823. The SMILES string of the molecule is CNCC(=O)c1cccc(Br)c1C. The Morgan fingerprint density at radius 3 is 2.85 bits per heavy atom. The third-order valence-corrected chi connectivity index (χ3v) is 2.76. The zero-order valence-electron chi connectivity index (χ0n) is 7.73. The number of hydrogen-bond donors (Lipinski definition) is 1. The molecule has 0 aliphatic carbocycles. The summed E-state index contributed by atoms with van der Waals surface area (Å²) >= 11 is 3.39. The number of benzene rings is 1. The van der Waals surface area contributed by atoms with Crippen LogP contribution in [0.15, 0.2) is 22.7 Å². The van der Waals surface area contributed by atoms with Crippen LogP contribution < -0.4 is 5.32 Å². The number of nitrogens with one attached hydrogen (secondary N) is 1. The van der Waals surface area contributed by atoms with Crippen molar-refractivity contribution in [3.8, 4) is 0 Å². The van der Waals surface area contributed by atoms with Crippen LogP contribution in [0.25, 0.3) is 0 Å². The lowest BCUT2D eigenvalue weighted by molar-refractivity contribution is 0.0993. The molecule has 0 fully saturated rings. The van der Waals surface area contributed by atoms with Gasteiger partial charge in [0.2, 0.25) is 0 Å². The van der Waals surface area contributed by atoms with Crippen LogP contribution in [-0.2, 0) is 0 Å². The fourth-order valence-corrected chi connectivity index (χ4v) is 1.53. The summed E-state index contributed by atoms with van der Waals surface area (Å²) in [7, 11) is 1.77. The van der Waals surface area contributed by atoms with Crippen LogP contribution in [0, 0.1) is 6.92 Å². The second kappa shape index (κ2) is 4.53. The lowest BCUT2D eigenvalue weighted by atomic mass is 10.1. The van der Waals surface area contributed by atoms with Crippen LogP contribution >= 0.6 is 15.9 Å². The fraction of sp³-hybridized carbons (Fsp3) is 0.300. The number of rotatable bonds is 3. The van der Waals surface area contributed by atoms with Crippen molar-refractivity contribution in [2.45, 2.75) is 6.92 Å². The van der Waals surface area contributed by atoms with E-state index in [-0.39, 0.29) is 5.78 Å². The average molecular weight is 242 g/mol. The number of Topliss-reactive ketones (excluding diaryl/α,β-unsaturated/α-hetero) is 1. The first-order valence-corrected chi connectivity index (χ1v) is 4.89. The predicted molar refractivity (Wildman–Crippen MR) is 57.1 cm³/mol. The maximum atomic E-state index is 11.5. The van der Waals surface area contributed by atoms with Gasteiger partial charge in [-0.3, -0.25) is 4.79 Å². The Labute approximate surface area is 86.5 Å². The smallest absolute Gasteiger partial charge is 0.176 e. The molecule has 0 radical (unpaired) electrons. The van der Waals surface area contributed by atoms with Gasteiger partial charge in [0, 0.05) is 10.0 Å². The highest BCUT2D eigenvalue weighted by atomic mass is 79.9. The molecule has 0 unspecified atom stereocenters. The molecule has 0 amide bonds. The summed E-state index contributed by atoms with van der Waals surface area (Å²) in [4.78, 5) is 11.5. The Hall–Kier alpha value is -0.670. The van der Waals surface area contributed by atoms with Crippen molar-refractivity contribution < 1.29 is 4.79 Å². The van der Waals surface area contributed by atoms with Crippen molar-refractivity contribution in [2.75, 3.05) is 13.6 Å². The van der Waals surface area contributed by atoms with Crippen LogP contribution in [0.3, 0.4) is 0 Å². The van der Waals surface area contributed by atoms with Crippen LogP contribution in [-0.4, -0.2) is 19.4 Å². The van der Waals surface area contributed by atoms with E-state index in [1.54, 1.807) is 7.05 Å². The molecule has 70 valence electrons. The van der Waals surface area contributed by atoms with Gasteiger partial charge in [0.15, 0.2) is 5.78 Å². The molecule has 1 N–H and O–H groups in total. The maximum absolute atomic E-state index is 11.5. The van der Waals surface area contributed by atoms with Crippen molar-refractivity contribution in [2.24, 2.45) is 0 Å². The monoisotopic (exact) mass is 241 g/mol. The first kappa shape index (κ1) is 10.4. The van der Waals surface area contributed by atoms with E-state index >= 15 is 0 Å². The Bertz CT molecular complexity index is 323. The second-order valence-corrected chi connectivity index (χ2v) is 3.72. The maximum Gasteiger partial charge on any atom is 0.176 e. The van der Waals surface area contributed by atoms with Crippen molar-refractivity contribution in [1.29, 1.82) is 0 Å². The largest absolute Gasteiger partial charge is 0.313 e. The minimum atomic E-state index is 0.126. The van der Waals surface area contributed by atoms with Crippen LogP contribution in [0.4, 0.5) is 0 Å². The standard InChI is InChI=1S/C10H12BrNO/c1-7-8(10(13)6-12-2)4-3-5-9(7)11/h3-5,12H,6H2,1-2H3. The van der Waals surface area contributed by atoms with E-state index in [2.05, 4.69) is 21.2 Å². The molecular formula is C10H12BrNO. The topological polar surface area (TPSA) is 29.1 Å². The Morgan fingerprint density at radius 1 is 1.54 bits per heavy atom. The van der Waals surface area contributed by atoms with E-state index in [0.717, 1.165) is 15.6 Å². The third kappa shape index (κ3) is 2.39. The molecule has 3 heteroatoms. The number of likely N-dealkylation sites (N-methyl/N-ethyl adjacent to an activating group) is 1. The summed E-state index contributed by atoms with van der Waals surface area (Å²) in [5, 5.41) is 2.85. The summed E-state index contributed by atoms with van der Waals surface area (Å²) in [5.74, 6) is 0.126. The molecule has 0 atom stereocenters. The summed E-state index contributed by atoms with van der Waals surface area (Å²) in [6, 6.07) is 5.66. The fourth-order valence-electron chi connectivity index (χ4n) is 1.17. The zero-order chi connectivity index (χ0) is 9.84. The molecule has 2 nitrogen and oxygen atoms in total. The van der Waals surface area contributed by atoms with E-state index in [4.69, 9.17) is 0 Å². The first-order chi connectivity index (χ1) is 6.16. The highest BCUT2D eigenvalue weighted by Crippen LogP contribution is 2.19. The zero-order valence-corrected chi connectivity index (χ0v) is 9.31. The predicted octanol–water partition coefficient (Wildman–Crippen LogP) is 2.16. The number of carbonyl (C=O) groups is 1.